The zero-order chi connectivity index (χ0) is 13.9. The van der Waals surface area contributed by atoms with Gasteiger partial charge in [0, 0.05) is 32.1 Å². The lowest BCUT2D eigenvalue weighted by Gasteiger charge is -2.21. The van der Waals surface area contributed by atoms with Crippen molar-refractivity contribution in [1.82, 2.24) is 9.29 Å². The van der Waals surface area contributed by atoms with Gasteiger partial charge in [0.05, 0.1) is 18.1 Å². The fraction of sp³-hybridized carbons (Fsp3) is 0.667. The van der Waals surface area contributed by atoms with Crippen LogP contribution in [-0.2, 0) is 28.4 Å². The highest BCUT2D eigenvalue weighted by Gasteiger charge is 2.20. The summed E-state index contributed by atoms with van der Waals surface area (Å²) in [6.45, 7) is 1.59. The molecule has 0 amide bonds. The molecule has 2 N–H and O–H groups in total. The maximum atomic E-state index is 12.1. The standard InChI is InChI=1S/C12H20N2O4S/c1-14-7-12(5-11(14)8-15)19(16,17)13-6-10-3-2-4-18-9-10/h5,7,10,13,15H,2-4,6,8-9H2,1H3. The third-order valence-corrected chi connectivity index (χ3v) is 4.76. The number of nitrogens with zero attached hydrogens (tertiary/aromatic N) is 1. The first-order valence-corrected chi connectivity index (χ1v) is 7.85. The van der Waals surface area contributed by atoms with Gasteiger partial charge < -0.3 is 14.4 Å². The van der Waals surface area contributed by atoms with Gasteiger partial charge >= 0.3 is 0 Å². The van der Waals surface area contributed by atoms with Crippen molar-refractivity contribution in [1.29, 1.82) is 0 Å². The number of sulfonamides is 1. The lowest BCUT2D eigenvalue weighted by Crippen LogP contribution is -2.33. The minimum atomic E-state index is -3.51. The summed E-state index contributed by atoms with van der Waals surface area (Å²) in [5.41, 5.74) is 0.571. The normalized spacial score (nSPS) is 20.6. The number of aliphatic hydroxyl groups is 1. The van der Waals surface area contributed by atoms with Crippen molar-refractivity contribution >= 4 is 10.0 Å². The van der Waals surface area contributed by atoms with E-state index in [9.17, 15) is 8.42 Å². The Labute approximate surface area is 113 Å². The molecule has 1 aromatic heterocycles. The maximum Gasteiger partial charge on any atom is 0.242 e. The molecule has 0 aromatic carbocycles. The van der Waals surface area contributed by atoms with Crippen LogP contribution in [0.5, 0.6) is 0 Å². The molecule has 2 heterocycles. The molecule has 1 atom stereocenters. The molecule has 0 bridgehead atoms. The van der Waals surface area contributed by atoms with Crippen LogP contribution in [0.25, 0.3) is 0 Å². The van der Waals surface area contributed by atoms with Crippen LogP contribution in [0.4, 0.5) is 0 Å². The highest BCUT2D eigenvalue weighted by atomic mass is 32.2. The summed E-state index contributed by atoms with van der Waals surface area (Å²) in [6, 6.07) is 1.49. The summed E-state index contributed by atoms with van der Waals surface area (Å²) in [5, 5.41) is 9.08. The Kier molecular flexibility index (Phi) is 4.62. The van der Waals surface area contributed by atoms with Crippen LogP contribution < -0.4 is 4.72 Å². The first-order chi connectivity index (χ1) is 9.03. The number of ether oxygens (including phenoxy) is 1. The molecule has 0 saturated carbocycles. The van der Waals surface area contributed by atoms with Gasteiger partial charge in [0.2, 0.25) is 10.0 Å². The quantitative estimate of drug-likeness (QED) is 0.812. The smallest absolute Gasteiger partial charge is 0.242 e. The van der Waals surface area contributed by atoms with E-state index >= 15 is 0 Å². The number of aryl methyl sites for hydroxylation is 1. The van der Waals surface area contributed by atoms with E-state index in [0.717, 1.165) is 19.4 Å². The first-order valence-electron chi connectivity index (χ1n) is 6.36. The predicted octanol–water partition coefficient (Wildman–Crippen LogP) is 0.222. The molecular weight excluding hydrogens is 268 g/mol. The highest BCUT2D eigenvalue weighted by molar-refractivity contribution is 7.89. The van der Waals surface area contributed by atoms with Crippen LogP contribution in [0.2, 0.25) is 0 Å². The molecule has 7 heteroatoms. The fourth-order valence-corrected chi connectivity index (χ4v) is 3.37. The second-order valence-corrected chi connectivity index (χ2v) is 6.64. The number of rotatable bonds is 5. The lowest BCUT2D eigenvalue weighted by molar-refractivity contribution is 0.0568. The molecule has 0 aliphatic carbocycles. The average Bonchev–Trinajstić information content (AvgIpc) is 2.80. The van der Waals surface area contributed by atoms with Crippen molar-refractivity contribution in [3.63, 3.8) is 0 Å². The molecule has 1 fully saturated rings. The highest BCUT2D eigenvalue weighted by Crippen LogP contribution is 2.16. The topological polar surface area (TPSA) is 80.6 Å². The third-order valence-electron chi connectivity index (χ3n) is 3.37. The fourth-order valence-electron chi connectivity index (χ4n) is 2.16. The van der Waals surface area contributed by atoms with Gasteiger partial charge in [0.15, 0.2) is 0 Å². The molecule has 6 nitrogen and oxygen atoms in total. The van der Waals surface area contributed by atoms with Gasteiger partial charge in [-0.25, -0.2) is 13.1 Å². The summed E-state index contributed by atoms with van der Waals surface area (Å²) in [7, 11) is -1.80. The van der Waals surface area contributed by atoms with Crippen molar-refractivity contribution in [2.45, 2.75) is 24.3 Å². The van der Waals surface area contributed by atoms with Crippen LogP contribution in [0.15, 0.2) is 17.2 Å². The zero-order valence-electron chi connectivity index (χ0n) is 11.0. The van der Waals surface area contributed by atoms with E-state index in [1.54, 1.807) is 11.6 Å². The number of aliphatic hydroxyl groups excluding tert-OH is 1. The maximum absolute atomic E-state index is 12.1. The molecule has 1 saturated heterocycles. The lowest BCUT2D eigenvalue weighted by atomic mass is 10.0. The molecule has 0 spiro atoms. The minimum Gasteiger partial charge on any atom is -0.390 e. The van der Waals surface area contributed by atoms with E-state index in [2.05, 4.69) is 4.72 Å². The van der Waals surface area contributed by atoms with Crippen LogP contribution in [-0.4, -0.2) is 37.8 Å². The van der Waals surface area contributed by atoms with Crippen LogP contribution in [0.3, 0.4) is 0 Å². The van der Waals surface area contributed by atoms with Crippen molar-refractivity contribution in [2.24, 2.45) is 13.0 Å². The summed E-state index contributed by atoms with van der Waals surface area (Å²) in [5.74, 6) is 0.240. The number of aromatic nitrogens is 1. The minimum absolute atomic E-state index is 0.178. The number of nitrogens with one attached hydrogen (secondary N) is 1. The second-order valence-electron chi connectivity index (χ2n) is 4.87. The molecule has 1 aromatic rings. The van der Waals surface area contributed by atoms with Crippen LogP contribution in [0, 0.1) is 5.92 Å². The Bertz CT molecular complexity index is 518. The van der Waals surface area contributed by atoms with Gasteiger partial charge in [-0.2, -0.15) is 0 Å². The van der Waals surface area contributed by atoms with Crippen LogP contribution in [0.1, 0.15) is 18.5 Å². The Morgan fingerprint density at radius 3 is 2.95 bits per heavy atom. The Morgan fingerprint density at radius 2 is 2.37 bits per heavy atom. The van der Waals surface area contributed by atoms with Gasteiger partial charge in [-0.05, 0) is 24.8 Å². The number of hydrogen-bond donors (Lipinski definition) is 2. The van der Waals surface area contributed by atoms with Crippen molar-refractivity contribution < 1.29 is 18.3 Å². The monoisotopic (exact) mass is 288 g/mol. The average molecular weight is 288 g/mol. The predicted molar refractivity (Wildman–Crippen MR) is 70.1 cm³/mol. The summed E-state index contributed by atoms with van der Waals surface area (Å²) < 4.78 is 33.8. The first kappa shape index (κ1) is 14.5. The molecule has 19 heavy (non-hydrogen) atoms. The Balaban J connectivity index is 2.00. The van der Waals surface area contributed by atoms with Crippen molar-refractivity contribution in [3.05, 3.63) is 18.0 Å². The van der Waals surface area contributed by atoms with Gasteiger partial charge in [-0.15, -0.1) is 0 Å². The molecule has 2 rings (SSSR count). The Morgan fingerprint density at radius 1 is 1.58 bits per heavy atom. The van der Waals surface area contributed by atoms with E-state index in [-0.39, 0.29) is 17.4 Å². The van der Waals surface area contributed by atoms with Gasteiger partial charge in [0.1, 0.15) is 0 Å². The van der Waals surface area contributed by atoms with Crippen molar-refractivity contribution in [2.75, 3.05) is 19.8 Å². The van der Waals surface area contributed by atoms with E-state index in [1.807, 2.05) is 0 Å². The second kappa shape index (κ2) is 6.04. The largest absolute Gasteiger partial charge is 0.390 e. The van der Waals surface area contributed by atoms with E-state index in [1.165, 1.54) is 12.3 Å². The molecule has 1 aliphatic heterocycles. The van der Waals surface area contributed by atoms with E-state index in [0.29, 0.717) is 18.8 Å². The zero-order valence-corrected chi connectivity index (χ0v) is 11.8. The van der Waals surface area contributed by atoms with Gasteiger partial charge in [-0.1, -0.05) is 0 Å². The SMILES string of the molecule is Cn1cc(S(=O)(=O)NCC2CCCOC2)cc1CO. The molecule has 1 aliphatic rings. The van der Waals surface area contributed by atoms with E-state index < -0.39 is 10.0 Å². The van der Waals surface area contributed by atoms with Crippen molar-refractivity contribution in [3.8, 4) is 0 Å². The van der Waals surface area contributed by atoms with Crippen LogP contribution >= 0.6 is 0 Å². The number of hydrogen-bond acceptors (Lipinski definition) is 4. The molecule has 1 unspecified atom stereocenters. The van der Waals surface area contributed by atoms with E-state index in [4.69, 9.17) is 9.84 Å². The van der Waals surface area contributed by atoms with Gasteiger partial charge in [-0.3, -0.25) is 0 Å². The molecule has 108 valence electrons. The third kappa shape index (κ3) is 3.56. The summed E-state index contributed by atoms with van der Waals surface area (Å²) in [4.78, 5) is 0.191. The molecular formula is C12H20N2O4S. The Hall–Kier alpha value is -0.890. The molecule has 0 radical (unpaired) electrons. The van der Waals surface area contributed by atoms with Gasteiger partial charge in [0.25, 0.3) is 0 Å². The summed E-state index contributed by atoms with van der Waals surface area (Å²) in [6.07, 6.45) is 3.47. The summed E-state index contributed by atoms with van der Waals surface area (Å²) >= 11 is 0.